The largest absolute Gasteiger partial charge is 0.290 e. The highest BCUT2D eigenvalue weighted by Gasteiger charge is 2.50. The van der Waals surface area contributed by atoms with Gasteiger partial charge in [0.2, 0.25) is 23.2 Å². The Morgan fingerprint density at radius 2 is 1.08 bits per heavy atom. The molecule has 2 fully saturated rings. The quantitative estimate of drug-likeness (QED) is 0.309. The maximum Gasteiger partial charge on any atom is 0.270 e. The molecule has 6 rings (SSSR count). The van der Waals surface area contributed by atoms with E-state index in [2.05, 4.69) is 20.2 Å². The third-order valence-corrected chi connectivity index (χ3v) is 7.58. The van der Waals surface area contributed by atoms with Crippen LogP contribution in [0.5, 0.6) is 0 Å². The molecule has 14 heteroatoms. The number of Topliss-reactive ketones (excluding diaryl/α,β-unsaturated/α-hetero) is 2. The Kier molecular flexibility index (Phi) is 6.65. The Bertz CT molecular complexity index is 1140. The lowest BCUT2D eigenvalue weighted by Gasteiger charge is -2.21. The van der Waals surface area contributed by atoms with Crippen molar-refractivity contribution in [3.8, 4) is 0 Å². The van der Waals surface area contributed by atoms with E-state index in [0.29, 0.717) is 0 Å². The fourth-order valence-corrected chi connectivity index (χ4v) is 4.80. The number of hydrogen-bond acceptors (Lipinski definition) is 6. The normalized spacial score (nSPS) is 26.5. The van der Waals surface area contributed by atoms with E-state index in [0.717, 1.165) is 35.0 Å². The smallest absolute Gasteiger partial charge is 0.270 e. The van der Waals surface area contributed by atoms with E-state index in [1.54, 1.807) is 0 Å². The molecule has 0 N–H and O–H groups in total. The Hall–Kier alpha value is -2.80. The number of rotatable bonds is 8. The zero-order valence-electron chi connectivity index (χ0n) is 20.9. The fraction of sp³-hybridized carbons (Fsp3) is 0.750. The molecular formula is C24H28F6N6O2. The fourth-order valence-electron chi connectivity index (χ4n) is 4.80. The van der Waals surface area contributed by atoms with Gasteiger partial charge in [0.1, 0.15) is 12.1 Å². The van der Waals surface area contributed by atoms with Crippen LogP contribution in [0.15, 0.2) is 0 Å². The predicted octanol–water partition coefficient (Wildman–Crippen LogP) is 5.74. The van der Waals surface area contributed by atoms with Gasteiger partial charge in [-0.25, -0.2) is 45.7 Å². The minimum absolute atomic E-state index is 0.105. The van der Waals surface area contributed by atoms with Crippen LogP contribution in [0.25, 0.3) is 0 Å². The van der Waals surface area contributed by atoms with Crippen molar-refractivity contribution in [1.29, 1.82) is 0 Å². The molecule has 2 aliphatic heterocycles. The standard InChI is InChI=1S/2C12H14F3N3O/c2*1-2-12(14,15)8-5-7(13)11-16-10(17-18(8)11)9(19)6-3-4-6/h2*6-8H,2-5H2,1H3/t2*7-,8-/m10/s1. The second-order valence-electron chi connectivity index (χ2n) is 10.4. The van der Waals surface area contributed by atoms with Gasteiger partial charge in [0, 0.05) is 37.5 Å². The number of alkyl halides is 6. The Balaban J connectivity index is 0.000000155. The molecule has 4 atom stereocenters. The van der Waals surface area contributed by atoms with Gasteiger partial charge in [0.25, 0.3) is 11.8 Å². The summed E-state index contributed by atoms with van der Waals surface area (Å²) in [5.41, 5.74) is 0. The van der Waals surface area contributed by atoms with Crippen molar-refractivity contribution in [2.45, 2.75) is 101 Å². The summed E-state index contributed by atoms with van der Waals surface area (Å²) >= 11 is 0. The van der Waals surface area contributed by atoms with E-state index in [1.165, 1.54) is 13.8 Å². The Labute approximate surface area is 214 Å². The summed E-state index contributed by atoms with van der Waals surface area (Å²) in [6, 6.07) is -2.67. The highest BCUT2D eigenvalue weighted by atomic mass is 19.3. The molecule has 4 aliphatic rings. The van der Waals surface area contributed by atoms with Crippen molar-refractivity contribution >= 4 is 11.6 Å². The van der Waals surface area contributed by atoms with Gasteiger partial charge in [-0.3, -0.25) is 9.59 Å². The van der Waals surface area contributed by atoms with Crippen molar-refractivity contribution in [2.75, 3.05) is 0 Å². The summed E-state index contributed by atoms with van der Waals surface area (Å²) in [6.07, 6.45) is -1.49. The number of fused-ring (bicyclic) bond motifs is 2. The van der Waals surface area contributed by atoms with Crippen molar-refractivity contribution in [1.82, 2.24) is 29.5 Å². The summed E-state index contributed by atoms with van der Waals surface area (Å²) in [5, 5.41) is 7.67. The van der Waals surface area contributed by atoms with Gasteiger partial charge in [0.05, 0.1) is 0 Å². The summed E-state index contributed by atoms with van der Waals surface area (Å²) in [7, 11) is 0. The lowest BCUT2D eigenvalue weighted by Crippen LogP contribution is -2.29. The molecule has 2 aromatic heterocycles. The van der Waals surface area contributed by atoms with Gasteiger partial charge in [-0.2, -0.15) is 0 Å². The van der Waals surface area contributed by atoms with Crippen LogP contribution in [-0.2, 0) is 0 Å². The second kappa shape index (κ2) is 9.44. The molecule has 2 aliphatic carbocycles. The first-order chi connectivity index (χ1) is 17.9. The average Bonchev–Trinajstić information content (AvgIpc) is 3.77. The molecule has 0 aromatic carbocycles. The zero-order valence-corrected chi connectivity index (χ0v) is 20.9. The van der Waals surface area contributed by atoms with Crippen LogP contribution in [-0.4, -0.2) is 52.9 Å². The van der Waals surface area contributed by atoms with Crippen molar-refractivity contribution < 1.29 is 35.9 Å². The van der Waals surface area contributed by atoms with Crippen LogP contribution in [0.1, 0.15) is 123 Å². The van der Waals surface area contributed by atoms with Crippen molar-refractivity contribution in [3.63, 3.8) is 0 Å². The Morgan fingerprint density at radius 1 is 0.737 bits per heavy atom. The SMILES string of the molecule is CCC(F)(F)[C@@H]1C[C@H](F)c2nc(C(=O)C3CC3)nn21.CCC(F)(F)[C@H]1C[C@@H](F)c2nc(C(=O)C3CC3)nn21. The minimum atomic E-state index is -3.04. The van der Waals surface area contributed by atoms with Gasteiger partial charge in [-0.15, -0.1) is 10.2 Å². The molecule has 0 radical (unpaired) electrons. The summed E-state index contributed by atoms with van der Waals surface area (Å²) in [4.78, 5) is 31.2. The first-order valence-electron chi connectivity index (χ1n) is 12.9. The van der Waals surface area contributed by atoms with Gasteiger partial charge in [-0.05, 0) is 25.7 Å². The molecule has 0 amide bonds. The molecule has 38 heavy (non-hydrogen) atoms. The topological polar surface area (TPSA) is 95.6 Å². The van der Waals surface area contributed by atoms with Gasteiger partial charge in [-0.1, -0.05) is 13.8 Å². The molecular weight excluding hydrogens is 518 g/mol. The number of hydrogen-bond donors (Lipinski definition) is 0. The number of ketones is 2. The first-order valence-corrected chi connectivity index (χ1v) is 12.9. The van der Waals surface area contributed by atoms with Crippen LogP contribution in [0.4, 0.5) is 26.3 Å². The molecule has 4 heterocycles. The molecule has 8 nitrogen and oxygen atoms in total. The first kappa shape index (κ1) is 26.8. The minimum Gasteiger partial charge on any atom is -0.290 e. The van der Waals surface area contributed by atoms with Crippen LogP contribution in [0.3, 0.4) is 0 Å². The summed E-state index contributed by atoms with van der Waals surface area (Å²) < 4.78 is 84.4. The predicted molar refractivity (Wildman–Crippen MR) is 120 cm³/mol. The maximum atomic E-state index is 13.8. The Morgan fingerprint density at radius 3 is 1.37 bits per heavy atom. The highest BCUT2D eigenvalue weighted by Crippen LogP contribution is 2.47. The molecule has 208 valence electrons. The molecule has 0 saturated heterocycles. The van der Waals surface area contributed by atoms with E-state index >= 15 is 0 Å². The molecule has 0 unspecified atom stereocenters. The average molecular weight is 547 g/mol. The lowest BCUT2D eigenvalue weighted by molar-refractivity contribution is -0.0588. The van der Waals surface area contributed by atoms with E-state index in [4.69, 9.17) is 0 Å². The van der Waals surface area contributed by atoms with Gasteiger partial charge >= 0.3 is 0 Å². The number of carbonyl (C=O) groups is 2. The van der Waals surface area contributed by atoms with Crippen LogP contribution in [0, 0.1) is 11.8 Å². The van der Waals surface area contributed by atoms with Crippen LogP contribution < -0.4 is 0 Å². The maximum absolute atomic E-state index is 13.8. The van der Waals surface area contributed by atoms with Crippen LogP contribution >= 0.6 is 0 Å². The van der Waals surface area contributed by atoms with E-state index in [1.807, 2.05) is 0 Å². The third kappa shape index (κ3) is 4.74. The zero-order chi connectivity index (χ0) is 27.6. The van der Waals surface area contributed by atoms with Gasteiger partial charge < -0.3 is 0 Å². The van der Waals surface area contributed by atoms with Gasteiger partial charge in [0.15, 0.2) is 24.0 Å². The molecule has 2 aromatic rings. The summed E-state index contributed by atoms with van der Waals surface area (Å²) in [6.45, 7) is 2.69. The number of nitrogens with zero attached hydrogens (tertiary/aromatic N) is 6. The highest BCUT2D eigenvalue weighted by molar-refractivity contribution is 5.96. The molecule has 2 saturated carbocycles. The van der Waals surface area contributed by atoms with Crippen molar-refractivity contribution in [3.05, 3.63) is 23.3 Å². The molecule has 0 bridgehead atoms. The lowest BCUT2D eigenvalue weighted by atomic mass is 10.1. The third-order valence-electron chi connectivity index (χ3n) is 7.58. The number of carbonyl (C=O) groups excluding carboxylic acids is 2. The van der Waals surface area contributed by atoms with Crippen LogP contribution in [0.2, 0.25) is 0 Å². The molecule has 0 spiro atoms. The van der Waals surface area contributed by atoms with Crippen molar-refractivity contribution in [2.24, 2.45) is 11.8 Å². The second-order valence-corrected chi connectivity index (χ2v) is 10.4. The van der Waals surface area contributed by atoms with E-state index in [-0.39, 0.29) is 59.5 Å². The number of halogens is 6. The summed E-state index contributed by atoms with van der Waals surface area (Å²) in [5.74, 6) is -7.30. The monoisotopic (exact) mass is 546 g/mol. The van der Waals surface area contributed by atoms with E-state index < -0.39 is 49.1 Å². The number of aromatic nitrogens is 6. The van der Waals surface area contributed by atoms with E-state index in [9.17, 15) is 35.9 Å².